The van der Waals surface area contributed by atoms with Gasteiger partial charge in [0.15, 0.2) is 0 Å². The van der Waals surface area contributed by atoms with Crippen molar-refractivity contribution in [2.24, 2.45) is 0 Å². The minimum atomic E-state index is -3.69. The summed E-state index contributed by atoms with van der Waals surface area (Å²) in [5, 5.41) is 1.11. The first-order valence-electron chi connectivity index (χ1n) is 10.3. The van der Waals surface area contributed by atoms with Crippen LogP contribution in [0.4, 0.5) is 10.1 Å². The Kier molecular flexibility index (Phi) is 6.37. The van der Waals surface area contributed by atoms with Gasteiger partial charge in [-0.05, 0) is 66.4 Å². The number of nitrogens with one attached hydrogen (secondary N) is 1. The Bertz CT molecular complexity index is 1210. The Morgan fingerprint density at radius 2 is 1.66 bits per heavy atom. The molecular formula is C25H23FN2O3S. The third kappa shape index (κ3) is 5.23. The van der Waals surface area contributed by atoms with Gasteiger partial charge in [0.25, 0.3) is 15.9 Å². The van der Waals surface area contributed by atoms with Crippen molar-refractivity contribution in [2.75, 3.05) is 11.3 Å². The van der Waals surface area contributed by atoms with Crippen LogP contribution in [0.1, 0.15) is 40.4 Å². The minimum absolute atomic E-state index is 0.0931. The zero-order valence-corrected chi connectivity index (χ0v) is 18.1. The quantitative estimate of drug-likeness (QED) is 0.560. The van der Waals surface area contributed by atoms with Crippen molar-refractivity contribution in [3.8, 4) is 0 Å². The Hall–Kier alpha value is -3.45. The summed E-state index contributed by atoms with van der Waals surface area (Å²) in [6.45, 7) is 0.625. The van der Waals surface area contributed by atoms with Crippen LogP contribution in [0.5, 0.6) is 0 Å². The summed E-state index contributed by atoms with van der Waals surface area (Å²) in [7, 11) is -3.69. The van der Waals surface area contributed by atoms with Crippen LogP contribution >= 0.6 is 0 Å². The van der Waals surface area contributed by atoms with Gasteiger partial charge < -0.3 is 4.90 Å². The number of halogens is 1. The summed E-state index contributed by atoms with van der Waals surface area (Å²) < 4.78 is 40.4. The molecule has 1 heterocycles. The first-order valence-corrected chi connectivity index (χ1v) is 11.9. The molecule has 0 bridgehead atoms. The summed E-state index contributed by atoms with van der Waals surface area (Å²) in [6, 6.07) is 21.7. The largest absolute Gasteiger partial charge is 0.332 e. The molecule has 1 saturated heterocycles. The molecule has 1 aliphatic heterocycles. The van der Waals surface area contributed by atoms with Crippen molar-refractivity contribution in [1.82, 2.24) is 4.90 Å². The number of benzene rings is 3. The third-order valence-electron chi connectivity index (χ3n) is 5.40. The first-order chi connectivity index (χ1) is 15.4. The second kappa shape index (κ2) is 9.36. The Morgan fingerprint density at radius 1 is 0.969 bits per heavy atom. The summed E-state index contributed by atoms with van der Waals surface area (Å²) in [4.78, 5) is 14.8. The number of sulfonamides is 1. The summed E-state index contributed by atoms with van der Waals surface area (Å²) in [6.07, 6.45) is 3.21. The van der Waals surface area contributed by atoms with Gasteiger partial charge in [-0.3, -0.25) is 9.52 Å². The van der Waals surface area contributed by atoms with Crippen LogP contribution in [0.15, 0.2) is 84.3 Å². The van der Waals surface area contributed by atoms with E-state index >= 15 is 0 Å². The fraction of sp³-hybridized carbons (Fsp3) is 0.160. The van der Waals surface area contributed by atoms with Crippen LogP contribution in [0.3, 0.4) is 0 Å². The number of likely N-dealkylation sites (tertiary alicyclic amines) is 1. The molecule has 0 aromatic heterocycles. The van der Waals surface area contributed by atoms with Crippen LogP contribution in [0.2, 0.25) is 0 Å². The van der Waals surface area contributed by atoms with Crippen LogP contribution in [-0.4, -0.2) is 25.8 Å². The number of hydrogen-bond acceptors (Lipinski definition) is 3. The molecule has 164 valence electrons. The lowest BCUT2D eigenvalue weighted by Crippen LogP contribution is -2.30. The monoisotopic (exact) mass is 450 g/mol. The second-order valence-electron chi connectivity index (χ2n) is 7.65. The molecule has 4 rings (SSSR count). The van der Waals surface area contributed by atoms with Crippen molar-refractivity contribution in [1.29, 1.82) is 0 Å². The Balaban J connectivity index is 1.44. The van der Waals surface area contributed by atoms with Crippen LogP contribution in [0, 0.1) is 5.82 Å². The molecular weight excluding hydrogens is 427 g/mol. The van der Waals surface area contributed by atoms with Gasteiger partial charge in [0, 0.05) is 17.8 Å². The predicted molar refractivity (Wildman–Crippen MR) is 124 cm³/mol. The van der Waals surface area contributed by atoms with E-state index in [1.54, 1.807) is 41.3 Å². The Morgan fingerprint density at radius 3 is 2.34 bits per heavy atom. The van der Waals surface area contributed by atoms with Crippen molar-refractivity contribution < 1.29 is 17.6 Å². The molecule has 5 nitrogen and oxygen atoms in total. The molecule has 1 atom stereocenters. The van der Waals surface area contributed by atoms with Crippen molar-refractivity contribution in [3.05, 3.63) is 107 Å². The number of rotatable bonds is 6. The van der Waals surface area contributed by atoms with E-state index in [0.717, 1.165) is 29.4 Å². The van der Waals surface area contributed by atoms with E-state index in [1.807, 2.05) is 30.3 Å². The molecule has 1 aliphatic rings. The van der Waals surface area contributed by atoms with Gasteiger partial charge in [0.2, 0.25) is 0 Å². The highest BCUT2D eigenvalue weighted by atomic mass is 32.2. The molecule has 1 fully saturated rings. The average molecular weight is 451 g/mol. The van der Waals surface area contributed by atoms with Crippen molar-refractivity contribution in [3.63, 3.8) is 0 Å². The molecule has 0 saturated carbocycles. The topological polar surface area (TPSA) is 66.5 Å². The molecule has 0 radical (unpaired) electrons. The fourth-order valence-electron chi connectivity index (χ4n) is 3.82. The second-order valence-corrected chi connectivity index (χ2v) is 9.21. The average Bonchev–Trinajstić information content (AvgIpc) is 3.29. The van der Waals surface area contributed by atoms with Gasteiger partial charge in [0.05, 0.1) is 11.4 Å². The lowest BCUT2D eigenvalue weighted by molar-refractivity contribution is 0.0735. The summed E-state index contributed by atoms with van der Waals surface area (Å²) >= 11 is 0. The summed E-state index contributed by atoms with van der Waals surface area (Å²) in [5.74, 6) is -0.434. The SMILES string of the molecule is O=C(c1ccc(NS(=O)(=O)/C=C/c2ccccc2)cc1)N1CCCC1c1ccc(F)cc1. The van der Waals surface area contributed by atoms with Crippen molar-refractivity contribution in [2.45, 2.75) is 18.9 Å². The van der Waals surface area contributed by atoms with E-state index in [0.29, 0.717) is 17.8 Å². The number of carbonyl (C=O) groups excluding carboxylic acids is 1. The molecule has 1 unspecified atom stereocenters. The van der Waals surface area contributed by atoms with Crippen molar-refractivity contribution >= 4 is 27.7 Å². The number of carbonyl (C=O) groups is 1. The van der Waals surface area contributed by atoms with Gasteiger partial charge in [0.1, 0.15) is 5.82 Å². The lowest BCUT2D eigenvalue weighted by atomic mass is 10.0. The minimum Gasteiger partial charge on any atom is -0.332 e. The maximum absolute atomic E-state index is 13.3. The normalized spacial score (nSPS) is 16.4. The molecule has 0 aliphatic carbocycles. The highest BCUT2D eigenvalue weighted by molar-refractivity contribution is 7.95. The predicted octanol–water partition coefficient (Wildman–Crippen LogP) is 5.22. The zero-order chi connectivity index (χ0) is 22.6. The lowest BCUT2D eigenvalue weighted by Gasteiger charge is -2.25. The molecule has 1 amide bonds. The standard InChI is InChI=1S/C25H23FN2O3S/c26-22-12-8-20(9-13-22)24-7-4-17-28(24)25(29)21-10-14-23(15-11-21)27-32(30,31)18-16-19-5-2-1-3-6-19/h1-3,5-6,8-16,18,24,27H,4,7,17H2/b18-16+. The van der Waals surface area contributed by atoms with E-state index in [4.69, 9.17) is 0 Å². The molecule has 32 heavy (non-hydrogen) atoms. The molecule has 3 aromatic rings. The number of amides is 1. The number of anilines is 1. The van der Waals surface area contributed by atoms with Crippen LogP contribution in [0.25, 0.3) is 6.08 Å². The molecule has 1 N–H and O–H groups in total. The van der Waals surface area contributed by atoms with Gasteiger partial charge >= 0.3 is 0 Å². The van der Waals surface area contributed by atoms with Crippen LogP contribution in [-0.2, 0) is 10.0 Å². The van der Waals surface area contributed by atoms with E-state index < -0.39 is 10.0 Å². The molecule has 7 heteroatoms. The van der Waals surface area contributed by atoms with Gasteiger partial charge in [-0.1, -0.05) is 42.5 Å². The zero-order valence-electron chi connectivity index (χ0n) is 17.3. The van der Waals surface area contributed by atoms with Gasteiger partial charge in [-0.15, -0.1) is 0 Å². The van der Waals surface area contributed by atoms with Crippen LogP contribution < -0.4 is 4.72 Å². The fourth-order valence-corrected chi connectivity index (χ4v) is 4.69. The van der Waals surface area contributed by atoms with E-state index in [-0.39, 0.29) is 17.8 Å². The maximum Gasteiger partial charge on any atom is 0.255 e. The van der Waals surface area contributed by atoms with Gasteiger partial charge in [-0.2, -0.15) is 0 Å². The highest BCUT2D eigenvalue weighted by Crippen LogP contribution is 2.33. The molecule has 3 aromatic carbocycles. The third-order valence-corrected chi connectivity index (χ3v) is 6.41. The summed E-state index contributed by atoms with van der Waals surface area (Å²) in [5.41, 5.74) is 2.53. The Labute approximate surface area is 187 Å². The van der Waals surface area contributed by atoms with E-state index in [1.165, 1.54) is 18.2 Å². The highest BCUT2D eigenvalue weighted by Gasteiger charge is 2.30. The first kappa shape index (κ1) is 21.8. The van der Waals surface area contributed by atoms with E-state index in [2.05, 4.69) is 4.72 Å². The number of hydrogen-bond donors (Lipinski definition) is 1. The van der Waals surface area contributed by atoms with E-state index in [9.17, 15) is 17.6 Å². The molecule has 0 spiro atoms. The van der Waals surface area contributed by atoms with Gasteiger partial charge in [-0.25, -0.2) is 12.8 Å². The maximum atomic E-state index is 13.3. The smallest absolute Gasteiger partial charge is 0.255 e. The number of nitrogens with zero attached hydrogens (tertiary/aromatic N) is 1.